The lowest BCUT2D eigenvalue weighted by Gasteiger charge is -2.24. The molecule has 2 aromatic carbocycles. The molecule has 1 aliphatic heterocycles. The Bertz CT molecular complexity index is 851. The summed E-state index contributed by atoms with van der Waals surface area (Å²) in [6.45, 7) is 7.98. The molecular weight excluding hydrogens is 346 g/mol. The van der Waals surface area contributed by atoms with Gasteiger partial charge in [0.2, 0.25) is 0 Å². The second-order valence-electron chi connectivity index (χ2n) is 7.48. The zero-order valence-electron chi connectivity index (χ0n) is 17.4. The van der Waals surface area contributed by atoms with Crippen LogP contribution in [0.2, 0.25) is 0 Å². The molecule has 4 nitrogen and oxygen atoms in total. The fourth-order valence-electron chi connectivity index (χ4n) is 3.57. The molecule has 2 N–H and O–H groups in total. The molecule has 4 heteroatoms. The number of fused-ring (bicyclic) bond motifs is 1. The minimum Gasteiger partial charge on any atom is -0.489 e. The Morgan fingerprint density at radius 3 is 2.57 bits per heavy atom. The van der Waals surface area contributed by atoms with E-state index in [1.54, 1.807) is 0 Å². The van der Waals surface area contributed by atoms with E-state index in [0.29, 0.717) is 12.6 Å². The van der Waals surface area contributed by atoms with Crippen LogP contribution >= 0.6 is 0 Å². The molecule has 1 atom stereocenters. The van der Waals surface area contributed by atoms with E-state index < -0.39 is 0 Å². The third-order valence-corrected chi connectivity index (χ3v) is 4.88. The Hall–Kier alpha value is -2.30. The lowest BCUT2D eigenvalue weighted by molar-refractivity contribution is 0.306. The first-order valence-corrected chi connectivity index (χ1v) is 10.4. The number of nitrogens with zero attached hydrogens (tertiary/aromatic N) is 1. The topological polar surface area (TPSA) is 38.2 Å². The van der Waals surface area contributed by atoms with Crippen molar-refractivity contribution in [3.63, 3.8) is 0 Å². The minimum absolute atomic E-state index is 0.494. The van der Waals surface area contributed by atoms with Crippen molar-refractivity contribution < 1.29 is 4.74 Å². The van der Waals surface area contributed by atoms with Gasteiger partial charge in [0.15, 0.2) is 0 Å². The van der Waals surface area contributed by atoms with Gasteiger partial charge in [-0.05, 0) is 35.7 Å². The molecule has 1 fully saturated rings. The van der Waals surface area contributed by atoms with E-state index >= 15 is 0 Å². The van der Waals surface area contributed by atoms with Gasteiger partial charge in [-0.1, -0.05) is 50.6 Å². The lowest BCUT2D eigenvalue weighted by atomic mass is 10.0. The van der Waals surface area contributed by atoms with Crippen LogP contribution in [0.4, 0.5) is 0 Å². The van der Waals surface area contributed by atoms with Crippen molar-refractivity contribution >= 4 is 10.9 Å². The summed E-state index contributed by atoms with van der Waals surface area (Å²) >= 11 is 0. The van der Waals surface area contributed by atoms with Crippen LogP contribution in [0, 0.1) is 0 Å². The predicted molar refractivity (Wildman–Crippen MR) is 118 cm³/mol. The van der Waals surface area contributed by atoms with E-state index in [4.69, 9.17) is 4.74 Å². The molecule has 28 heavy (non-hydrogen) atoms. The second-order valence-corrected chi connectivity index (χ2v) is 7.48. The van der Waals surface area contributed by atoms with Gasteiger partial charge in [0, 0.05) is 49.8 Å². The second kappa shape index (κ2) is 10.3. The average Bonchev–Trinajstić information content (AvgIpc) is 3.03. The van der Waals surface area contributed by atoms with Crippen LogP contribution in [0.1, 0.15) is 31.4 Å². The summed E-state index contributed by atoms with van der Waals surface area (Å²) in [7, 11) is 2.11. The Kier molecular flexibility index (Phi) is 7.52. The summed E-state index contributed by atoms with van der Waals surface area (Å²) in [5.41, 5.74) is 3.82. The van der Waals surface area contributed by atoms with Crippen molar-refractivity contribution in [2.75, 3.05) is 19.6 Å². The largest absolute Gasteiger partial charge is 0.489 e. The summed E-state index contributed by atoms with van der Waals surface area (Å²) in [5.74, 6) is 0.929. The number of aromatic nitrogens is 1. The van der Waals surface area contributed by atoms with Crippen LogP contribution in [0.5, 0.6) is 5.75 Å². The van der Waals surface area contributed by atoms with Gasteiger partial charge in [-0.25, -0.2) is 0 Å². The molecule has 0 saturated carbocycles. The van der Waals surface area contributed by atoms with E-state index in [-0.39, 0.29) is 0 Å². The van der Waals surface area contributed by atoms with Gasteiger partial charge < -0.3 is 19.9 Å². The summed E-state index contributed by atoms with van der Waals surface area (Å²) in [4.78, 5) is 0. The fraction of sp³-hybridized carbons (Fsp3) is 0.417. The number of hydrogen-bond donors (Lipinski definition) is 2. The highest BCUT2D eigenvalue weighted by Gasteiger charge is 2.16. The third-order valence-electron chi connectivity index (χ3n) is 4.88. The van der Waals surface area contributed by atoms with Gasteiger partial charge in [0.1, 0.15) is 12.4 Å². The summed E-state index contributed by atoms with van der Waals surface area (Å²) < 4.78 is 8.23. The number of aryl methyl sites for hydroxylation is 1. The maximum Gasteiger partial charge on any atom is 0.120 e. The molecule has 0 bridgehead atoms. The van der Waals surface area contributed by atoms with E-state index in [2.05, 4.69) is 72.6 Å². The Labute approximate surface area is 168 Å². The van der Waals surface area contributed by atoms with Crippen LogP contribution in [0.3, 0.4) is 0 Å². The number of rotatable bonds is 5. The Morgan fingerprint density at radius 2 is 1.86 bits per heavy atom. The number of hydrogen-bond acceptors (Lipinski definition) is 3. The maximum absolute atomic E-state index is 6.02. The van der Waals surface area contributed by atoms with E-state index in [0.717, 1.165) is 31.8 Å². The third kappa shape index (κ3) is 5.37. The minimum atomic E-state index is 0.494. The molecule has 0 amide bonds. The van der Waals surface area contributed by atoms with Crippen LogP contribution in [-0.4, -0.2) is 30.2 Å². The quantitative estimate of drug-likeness (QED) is 0.695. The summed E-state index contributed by atoms with van der Waals surface area (Å²) in [5, 5.41) is 8.36. The van der Waals surface area contributed by atoms with Gasteiger partial charge in [-0.3, -0.25) is 0 Å². The predicted octanol–water partition coefficient (Wildman–Crippen LogP) is 4.28. The molecule has 1 aliphatic rings. The highest BCUT2D eigenvalue weighted by Crippen LogP contribution is 2.27. The van der Waals surface area contributed by atoms with Crippen molar-refractivity contribution in [1.82, 2.24) is 15.2 Å². The smallest absolute Gasteiger partial charge is 0.120 e. The van der Waals surface area contributed by atoms with Crippen molar-refractivity contribution in [3.05, 3.63) is 65.9 Å². The van der Waals surface area contributed by atoms with Crippen LogP contribution < -0.4 is 15.4 Å². The molecule has 1 aromatic heterocycles. The number of nitrogens with one attached hydrogen (secondary N) is 2. The van der Waals surface area contributed by atoms with Crippen LogP contribution in [0.15, 0.2) is 54.7 Å². The van der Waals surface area contributed by atoms with Crippen molar-refractivity contribution in [1.29, 1.82) is 0 Å². The molecule has 150 valence electrons. The van der Waals surface area contributed by atoms with Crippen molar-refractivity contribution in [3.8, 4) is 5.75 Å². The van der Waals surface area contributed by atoms with Gasteiger partial charge >= 0.3 is 0 Å². The number of benzene rings is 2. The first-order valence-electron chi connectivity index (χ1n) is 10.4. The maximum atomic E-state index is 6.02. The standard InChI is InChI=1S/C21H25N3O.C3H8/c1-24-14-17(11-18-13-22-9-10-23-18)20-12-19(7-8-21(20)24)25-15-16-5-3-2-4-6-16;1-3-2/h2-8,12,14,18,22-23H,9-11,13,15H2,1H3;3H2,1-2H3. The molecule has 4 rings (SSSR count). The molecule has 0 radical (unpaired) electrons. The highest BCUT2D eigenvalue weighted by molar-refractivity contribution is 5.85. The lowest BCUT2D eigenvalue weighted by Crippen LogP contribution is -2.49. The highest BCUT2D eigenvalue weighted by atomic mass is 16.5. The SMILES string of the molecule is CCC.Cn1cc(CC2CNCCN2)c2cc(OCc3ccccc3)ccc21. The van der Waals surface area contributed by atoms with Gasteiger partial charge in [0.05, 0.1) is 0 Å². The Balaban J connectivity index is 0.000000706. The van der Waals surface area contributed by atoms with Crippen LogP contribution in [-0.2, 0) is 20.1 Å². The Morgan fingerprint density at radius 1 is 1.07 bits per heavy atom. The number of piperazine rings is 1. The van der Waals surface area contributed by atoms with Crippen molar-refractivity contribution in [2.24, 2.45) is 7.05 Å². The molecule has 2 heterocycles. The molecule has 0 spiro atoms. The summed E-state index contributed by atoms with van der Waals surface area (Å²) in [6, 6.07) is 17.2. The normalized spacial score (nSPS) is 16.5. The first-order chi connectivity index (χ1) is 13.7. The van der Waals surface area contributed by atoms with E-state index in [9.17, 15) is 0 Å². The molecular formula is C24H33N3O. The molecule has 3 aromatic rings. The zero-order valence-corrected chi connectivity index (χ0v) is 17.4. The van der Waals surface area contributed by atoms with Crippen molar-refractivity contribution in [2.45, 2.75) is 39.3 Å². The van der Waals surface area contributed by atoms with Gasteiger partial charge in [0.25, 0.3) is 0 Å². The first kappa shape index (κ1) is 20.4. The number of ether oxygens (including phenoxy) is 1. The molecule has 1 unspecified atom stereocenters. The summed E-state index contributed by atoms with van der Waals surface area (Å²) in [6.07, 6.45) is 4.54. The van der Waals surface area contributed by atoms with E-state index in [1.807, 2.05) is 18.2 Å². The average molecular weight is 380 g/mol. The zero-order chi connectivity index (χ0) is 19.8. The van der Waals surface area contributed by atoms with E-state index in [1.165, 1.54) is 28.5 Å². The van der Waals surface area contributed by atoms with Crippen LogP contribution in [0.25, 0.3) is 10.9 Å². The monoisotopic (exact) mass is 379 g/mol. The van der Waals surface area contributed by atoms with Gasteiger partial charge in [-0.15, -0.1) is 0 Å². The molecule has 0 aliphatic carbocycles. The molecule has 1 saturated heterocycles. The van der Waals surface area contributed by atoms with Gasteiger partial charge in [-0.2, -0.15) is 0 Å². The fourth-order valence-corrected chi connectivity index (χ4v) is 3.57.